The molecule has 0 fully saturated rings. The Hall–Kier alpha value is -2.38. The van der Waals surface area contributed by atoms with Crippen molar-refractivity contribution in [2.24, 2.45) is 0 Å². The maximum Gasteiger partial charge on any atom is 0.303 e. The molecule has 128 valence electrons. The molecule has 0 heterocycles. The molecule has 0 aromatic carbocycles. The topological polar surface area (TPSA) is 149 Å². The second kappa shape index (κ2) is 18.6. The van der Waals surface area contributed by atoms with Crippen molar-refractivity contribution in [3.05, 3.63) is 12.7 Å². The second-order valence-corrected chi connectivity index (χ2v) is 3.98. The van der Waals surface area contributed by atoms with Gasteiger partial charge in [0.05, 0.1) is 12.8 Å². The average molecular weight is 320 g/mol. The second-order valence-electron chi connectivity index (χ2n) is 3.98. The number of allylic oxidation sites excluding steroid dienone is 1. The number of hydrogen-bond donors (Lipinski definition) is 4. The van der Waals surface area contributed by atoms with Crippen LogP contribution in [0.25, 0.3) is 0 Å². The van der Waals surface area contributed by atoms with E-state index in [1.165, 1.54) is 0 Å². The summed E-state index contributed by atoms with van der Waals surface area (Å²) in [6.45, 7) is 5.54. The van der Waals surface area contributed by atoms with E-state index >= 15 is 0 Å². The number of carboxylic acids is 4. The van der Waals surface area contributed by atoms with Crippen molar-refractivity contribution < 1.29 is 39.6 Å². The van der Waals surface area contributed by atoms with Crippen LogP contribution in [0.1, 0.15) is 51.9 Å². The van der Waals surface area contributed by atoms with Crippen LogP contribution in [-0.4, -0.2) is 44.3 Å². The summed E-state index contributed by atoms with van der Waals surface area (Å²) >= 11 is 0. The van der Waals surface area contributed by atoms with Gasteiger partial charge in [0, 0.05) is 12.8 Å². The summed E-state index contributed by atoms with van der Waals surface area (Å²) in [5.74, 6) is -3.89. The van der Waals surface area contributed by atoms with Gasteiger partial charge in [-0.2, -0.15) is 0 Å². The van der Waals surface area contributed by atoms with Gasteiger partial charge in [-0.05, 0) is 19.3 Å². The number of rotatable bonds is 9. The molecule has 0 radical (unpaired) electrons. The highest BCUT2D eigenvalue weighted by molar-refractivity contribution is 5.75. The summed E-state index contributed by atoms with van der Waals surface area (Å²) in [6.07, 6.45) is 3.38. The van der Waals surface area contributed by atoms with Crippen LogP contribution in [0.2, 0.25) is 0 Å². The van der Waals surface area contributed by atoms with E-state index in [0.717, 1.165) is 6.42 Å². The van der Waals surface area contributed by atoms with Crippen molar-refractivity contribution in [2.75, 3.05) is 0 Å². The van der Waals surface area contributed by atoms with Gasteiger partial charge >= 0.3 is 23.9 Å². The van der Waals surface area contributed by atoms with Crippen LogP contribution in [0, 0.1) is 0 Å². The first-order valence-corrected chi connectivity index (χ1v) is 6.65. The fraction of sp³-hybridized carbons (Fsp3) is 0.571. The summed E-state index contributed by atoms with van der Waals surface area (Å²) in [6, 6.07) is 0. The molecule has 8 heteroatoms. The third-order valence-corrected chi connectivity index (χ3v) is 1.87. The molecule has 0 rings (SSSR count). The first-order chi connectivity index (χ1) is 10.2. The lowest BCUT2D eigenvalue weighted by Gasteiger charge is -1.92. The van der Waals surface area contributed by atoms with Crippen molar-refractivity contribution in [3.8, 4) is 0 Å². The zero-order chi connectivity index (χ0) is 18.0. The summed E-state index contributed by atoms with van der Waals surface area (Å²) < 4.78 is 0. The molecule has 0 aliphatic heterocycles. The Labute approximate surface area is 129 Å². The van der Waals surface area contributed by atoms with E-state index in [2.05, 4.69) is 13.5 Å². The molecule has 0 aromatic heterocycles. The summed E-state index contributed by atoms with van der Waals surface area (Å²) in [7, 11) is 0. The number of carboxylic acid groups (broad SMARTS) is 4. The maximum absolute atomic E-state index is 9.90. The molecule has 0 aliphatic carbocycles. The van der Waals surface area contributed by atoms with Crippen LogP contribution in [0.15, 0.2) is 12.7 Å². The predicted molar refractivity (Wildman–Crippen MR) is 78.7 cm³/mol. The van der Waals surface area contributed by atoms with Crippen molar-refractivity contribution in [1.29, 1.82) is 0 Å². The fourth-order valence-corrected chi connectivity index (χ4v) is 0.766. The summed E-state index contributed by atoms with van der Waals surface area (Å²) in [5, 5.41) is 32.1. The molecule has 8 nitrogen and oxygen atoms in total. The Kier molecular flexibility index (Phi) is 20.8. The Balaban J connectivity index is -0.000000269. The zero-order valence-corrected chi connectivity index (χ0v) is 12.7. The van der Waals surface area contributed by atoms with E-state index in [1.54, 1.807) is 0 Å². The minimum Gasteiger partial charge on any atom is -0.481 e. The Bertz CT molecular complexity index is 319. The molecule has 0 atom stereocenters. The van der Waals surface area contributed by atoms with E-state index in [1.807, 2.05) is 6.08 Å². The van der Waals surface area contributed by atoms with Gasteiger partial charge < -0.3 is 20.4 Å². The minimum atomic E-state index is -1.08. The van der Waals surface area contributed by atoms with Crippen LogP contribution >= 0.6 is 0 Å². The van der Waals surface area contributed by atoms with Gasteiger partial charge in [-0.15, -0.1) is 6.58 Å². The van der Waals surface area contributed by atoms with E-state index in [-0.39, 0.29) is 25.7 Å². The van der Waals surface area contributed by atoms with Gasteiger partial charge in [0.1, 0.15) is 0 Å². The lowest BCUT2D eigenvalue weighted by molar-refractivity contribution is -0.143. The normalized spacial score (nSPS) is 8.41. The molecular formula is C14H24O8. The number of hydrogen-bond acceptors (Lipinski definition) is 4. The van der Waals surface area contributed by atoms with Crippen molar-refractivity contribution >= 4 is 23.9 Å². The Morgan fingerprint density at radius 3 is 1.09 bits per heavy atom. The van der Waals surface area contributed by atoms with Crippen LogP contribution in [0.5, 0.6) is 0 Å². The number of unbranched alkanes of at least 4 members (excludes halogenated alkanes) is 1. The first-order valence-electron chi connectivity index (χ1n) is 6.65. The first kappa shape index (κ1) is 24.6. The molecular weight excluding hydrogens is 296 g/mol. The van der Waals surface area contributed by atoms with Gasteiger partial charge in [-0.25, -0.2) is 0 Å². The standard InChI is InChI=1S/C6H10O4.C4H6O4.C4H8/c7-5(8)3-1-2-4-6(9)10;5-3(6)1-2-4(7)8;1-3-4-2/h1-4H2,(H,7,8)(H,9,10);1-2H2,(H,5,6)(H,7,8);3H,1,4H2,2H3. The van der Waals surface area contributed by atoms with Gasteiger partial charge in [0.2, 0.25) is 0 Å². The molecule has 4 N–H and O–H groups in total. The zero-order valence-electron chi connectivity index (χ0n) is 12.7. The van der Waals surface area contributed by atoms with Crippen LogP contribution in [-0.2, 0) is 19.2 Å². The van der Waals surface area contributed by atoms with Crippen LogP contribution < -0.4 is 0 Å². The molecule has 0 spiro atoms. The molecule has 22 heavy (non-hydrogen) atoms. The van der Waals surface area contributed by atoms with Gasteiger partial charge in [-0.1, -0.05) is 13.0 Å². The predicted octanol–water partition coefficient (Wildman–Crippen LogP) is 2.23. The van der Waals surface area contributed by atoms with E-state index in [0.29, 0.717) is 12.8 Å². The average Bonchev–Trinajstić information content (AvgIpc) is 2.42. The fourth-order valence-electron chi connectivity index (χ4n) is 0.766. The highest BCUT2D eigenvalue weighted by Crippen LogP contribution is 1.98. The van der Waals surface area contributed by atoms with Gasteiger partial charge in [0.25, 0.3) is 0 Å². The van der Waals surface area contributed by atoms with Crippen LogP contribution in [0.4, 0.5) is 0 Å². The number of aliphatic carboxylic acids is 4. The van der Waals surface area contributed by atoms with E-state index in [4.69, 9.17) is 20.4 Å². The highest BCUT2D eigenvalue weighted by atomic mass is 16.4. The molecule has 0 bridgehead atoms. The highest BCUT2D eigenvalue weighted by Gasteiger charge is 2.00. The van der Waals surface area contributed by atoms with Crippen molar-refractivity contribution in [1.82, 2.24) is 0 Å². The smallest absolute Gasteiger partial charge is 0.303 e. The molecule has 0 aliphatic rings. The quantitative estimate of drug-likeness (QED) is 0.373. The van der Waals surface area contributed by atoms with Crippen LogP contribution in [0.3, 0.4) is 0 Å². The minimum absolute atomic E-state index is 0.0628. The lowest BCUT2D eigenvalue weighted by Crippen LogP contribution is -2.00. The molecule has 0 aromatic rings. The van der Waals surface area contributed by atoms with Gasteiger partial charge in [0.15, 0.2) is 0 Å². The molecule has 0 unspecified atom stereocenters. The van der Waals surface area contributed by atoms with Crippen molar-refractivity contribution in [3.63, 3.8) is 0 Å². The van der Waals surface area contributed by atoms with E-state index in [9.17, 15) is 19.2 Å². The Morgan fingerprint density at radius 2 is 0.955 bits per heavy atom. The number of carbonyl (C=O) groups is 4. The third kappa shape index (κ3) is 43.2. The summed E-state index contributed by atoms with van der Waals surface area (Å²) in [4.78, 5) is 39.1. The Morgan fingerprint density at radius 1 is 0.727 bits per heavy atom. The summed E-state index contributed by atoms with van der Waals surface area (Å²) in [5.41, 5.74) is 0. The largest absolute Gasteiger partial charge is 0.481 e. The SMILES string of the molecule is C=CCC.O=C(O)CCC(=O)O.O=C(O)CCCCC(=O)O. The monoisotopic (exact) mass is 320 g/mol. The maximum atomic E-state index is 9.90. The third-order valence-electron chi connectivity index (χ3n) is 1.87. The molecule has 0 saturated carbocycles. The molecule has 0 saturated heterocycles. The van der Waals surface area contributed by atoms with Crippen molar-refractivity contribution in [2.45, 2.75) is 51.9 Å². The lowest BCUT2D eigenvalue weighted by atomic mass is 10.2. The molecule has 0 amide bonds. The van der Waals surface area contributed by atoms with E-state index < -0.39 is 23.9 Å². The van der Waals surface area contributed by atoms with Gasteiger partial charge in [-0.3, -0.25) is 19.2 Å².